The van der Waals surface area contributed by atoms with E-state index in [1.54, 1.807) is 0 Å². The molecular weight excluding hydrogens is 238 g/mol. The first-order valence-corrected chi connectivity index (χ1v) is 6.76. The highest BCUT2D eigenvalue weighted by Crippen LogP contribution is 2.17. The van der Waals surface area contributed by atoms with Gasteiger partial charge >= 0.3 is 0 Å². The van der Waals surface area contributed by atoms with Crippen molar-refractivity contribution >= 4 is 16.9 Å². The fraction of sp³-hybridized carbons (Fsp3) is 0.467. The molecule has 0 bridgehead atoms. The van der Waals surface area contributed by atoms with Crippen LogP contribution in [0.3, 0.4) is 0 Å². The van der Waals surface area contributed by atoms with Crippen molar-refractivity contribution in [3.05, 3.63) is 30.1 Å². The Morgan fingerprint density at radius 1 is 1.37 bits per heavy atom. The van der Waals surface area contributed by atoms with Crippen LogP contribution in [0.5, 0.6) is 0 Å². The third-order valence-corrected chi connectivity index (χ3v) is 3.16. The Hall–Kier alpha value is -1.84. The van der Waals surface area contributed by atoms with Crippen LogP contribution in [-0.4, -0.2) is 15.5 Å². The number of hydrogen-bond acceptors (Lipinski definition) is 2. The summed E-state index contributed by atoms with van der Waals surface area (Å²) >= 11 is 0. The summed E-state index contributed by atoms with van der Waals surface area (Å²) in [4.78, 5) is 15.7. The van der Waals surface area contributed by atoms with E-state index >= 15 is 0 Å². The largest absolute Gasteiger partial charge is 0.349 e. The number of nitrogens with one attached hydrogen (secondary N) is 1. The lowest BCUT2D eigenvalue weighted by Gasteiger charge is -2.11. The van der Waals surface area contributed by atoms with Crippen LogP contribution < -0.4 is 5.32 Å². The lowest BCUT2D eigenvalue weighted by Crippen LogP contribution is -2.22. The average molecular weight is 259 g/mol. The predicted molar refractivity (Wildman–Crippen MR) is 76.7 cm³/mol. The Morgan fingerprint density at radius 3 is 2.79 bits per heavy atom. The van der Waals surface area contributed by atoms with Gasteiger partial charge in [-0.3, -0.25) is 4.79 Å². The molecule has 1 heterocycles. The number of imidazole rings is 1. The number of carbonyl (C=O) groups is 1. The zero-order valence-corrected chi connectivity index (χ0v) is 11.8. The van der Waals surface area contributed by atoms with E-state index < -0.39 is 0 Å². The Balaban J connectivity index is 2.31. The van der Waals surface area contributed by atoms with E-state index in [0.717, 1.165) is 29.8 Å². The second kappa shape index (κ2) is 5.87. The Kier molecular flexibility index (Phi) is 4.20. The van der Waals surface area contributed by atoms with Gasteiger partial charge in [0.1, 0.15) is 5.82 Å². The second-order valence-electron chi connectivity index (χ2n) is 5.26. The summed E-state index contributed by atoms with van der Waals surface area (Å²) < 4.78 is 2.21. The number of hydrogen-bond donors (Lipinski definition) is 1. The number of nitrogens with zero attached hydrogens (tertiary/aromatic N) is 2. The summed E-state index contributed by atoms with van der Waals surface area (Å²) in [5, 5.41) is 2.83. The average Bonchev–Trinajstić information content (AvgIpc) is 2.71. The molecule has 2 rings (SSSR count). The van der Waals surface area contributed by atoms with Gasteiger partial charge in [0.25, 0.3) is 0 Å². The third-order valence-electron chi connectivity index (χ3n) is 3.16. The maximum atomic E-state index is 11.1. The number of benzene rings is 1. The number of para-hydroxylation sites is 2. The van der Waals surface area contributed by atoms with Gasteiger partial charge < -0.3 is 9.88 Å². The van der Waals surface area contributed by atoms with Gasteiger partial charge in [0.05, 0.1) is 17.6 Å². The van der Waals surface area contributed by atoms with Crippen molar-refractivity contribution in [3.63, 3.8) is 0 Å². The number of carbonyl (C=O) groups excluding carboxylic acids is 1. The van der Waals surface area contributed by atoms with Gasteiger partial charge in [-0.2, -0.15) is 0 Å². The van der Waals surface area contributed by atoms with Crippen molar-refractivity contribution < 1.29 is 4.79 Å². The summed E-state index contributed by atoms with van der Waals surface area (Å²) in [7, 11) is 0. The van der Waals surface area contributed by atoms with E-state index in [0.29, 0.717) is 12.5 Å². The Morgan fingerprint density at radius 2 is 2.11 bits per heavy atom. The number of aromatic nitrogens is 2. The summed E-state index contributed by atoms with van der Waals surface area (Å²) in [5.74, 6) is 1.55. The standard InChI is InChI=1S/C15H21N3O/c1-11(2)8-9-18-14-7-5-4-6-13(14)17-15(18)10-16-12(3)19/h4-7,11H,8-10H2,1-3H3,(H,16,19). The SMILES string of the molecule is CC(=O)NCc1nc2ccccc2n1CCC(C)C. The summed E-state index contributed by atoms with van der Waals surface area (Å²) in [6, 6.07) is 8.11. The van der Waals surface area contributed by atoms with Gasteiger partial charge in [0.15, 0.2) is 0 Å². The molecule has 0 atom stereocenters. The first kappa shape index (κ1) is 13.6. The highest BCUT2D eigenvalue weighted by molar-refractivity contribution is 5.76. The lowest BCUT2D eigenvalue weighted by atomic mass is 10.1. The van der Waals surface area contributed by atoms with Gasteiger partial charge in [-0.05, 0) is 24.5 Å². The fourth-order valence-corrected chi connectivity index (χ4v) is 2.10. The summed E-state index contributed by atoms with van der Waals surface area (Å²) in [6.07, 6.45) is 1.10. The van der Waals surface area contributed by atoms with Crippen LogP contribution in [0.1, 0.15) is 33.0 Å². The first-order valence-electron chi connectivity index (χ1n) is 6.76. The van der Waals surface area contributed by atoms with E-state index in [4.69, 9.17) is 0 Å². The smallest absolute Gasteiger partial charge is 0.217 e. The van der Waals surface area contributed by atoms with Crippen LogP contribution in [0.2, 0.25) is 0 Å². The Labute approximate surface area is 113 Å². The van der Waals surface area contributed by atoms with E-state index in [9.17, 15) is 4.79 Å². The molecule has 0 aliphatic carbocycles. The molecule has 0 radical (unpaired) electrons. The van der Waals surface area contributed by atoms with Crippen molar-refractivity contribution in [2.24, 2.45) is 5.92 Å². The highest BCUT2D eigenvalue weighted by Gasteiger charge is 2.10. The topological polar surface area (TPSA) is 46.9 Å². The molecule has 1 N–H and O–H groups in total. The van der Waals surface area contributed by atoms with Gasteiger partial charge in [0, 0.05) is 13.5 Å². The van der Waals surface area contributed by atoms with Gasteiger partial charge in [0.2, 0.25) is 5.91 Å². The summed E-state index contributed by atoms with van der Waals surface area (Å²) in [6.45, 7) is 7.38. The highest BCUT2D eigenvalue weighted by atomic mass is 16.1. The van der Waals surface area contributed by atoms with E-state index in [1.165, 1.54) is 6.92 Å². The molecule has 0 aliphatic heterocycles. The molecule has 0 unspecified atom stereocenters. The van der Waals surface area contributed by atoms with Gasteiger partial charge in [-0.15, -0.1) is 0 Å². The molecule has 0 fully saturated rings. The maximum Gasteiger partial charge on any atom is 0.217 e. The van der Waals surface area contributed by atoms with Crippen LogP contribution in [-0.2, 0) is 17.9 Å². The molecule has 1 aromatic heterocycles. The van der Waals surface area contributed by atoms with Crippen molar-refractivity contribution in [3.8, 4) is 0 Å². The number of amides is 1. The van der Waals surface area contributed by atoms with Crippen LogP contribution in [0, 0.1) is 5.92 Å². The van der Waals surface area contributed by atoms with E-state index in [-0.39, 0.29) is 5.91 Å². The van der Waals surface area contributed by atoms with Crippen LogP contribution >= 0.6 is 0 Å². The maximum absolute atomic E-state index is 11.1. The molecule has 1 aromatic carbocycles. The molecule has 4 heteroatoms. The number of aryl methyl sites for hydroxylation is 1. The minimum Gasteiger partial charge on any atom is -0.349 e. The predicted octanol–water partition coefficient (Wildman–Crippen LogP) is 2.72. The minimum absolute atomic E-state index is 0.0255. The third kappa shape index (κ3) is 3.34. The van der Waals surface area contributed by atoms with Gasteiger partial charge in [-0.25, -0.2) is 4.98 Å². The van der Waals surface area contributed by atoms with Crippen molar-refractivity contribution in [1.82, 2.24) is 14.9 Å². The van der Waals surface area contributed by atoms with Crippen molar-refractivity contribution in [2.45, 2.75) is 40.3 Å². The molecule has 0 aliphatic rings. The normalized spacial score (nSPS) is 11.2. The minimum atomic E-state index is -0.0255. The van der Waals surface area contributed by atoms with Crippen LogP contribution in [0.25, 0.3) is 11.0 Å². The lowest BCUT2D eigenvalue weighted by molar-refractivity contribution is -0.119. The monoisotopic (exact) mass is 259 g/mol. The molecule has 4 nitrogen and oxygen atoms in total. The first-order chi connectivity index (χ1) is 9.08. The Bertz CT molecular complexity index is 572. The molecule has 2 aromatic rings. The number of rotatable bonds is 5. The molecule has 1 amide bonds. The summed E-state index contributed by atoms with van der Waals surface area (Å²) in [5.41, 5.74) is 2.13. The molecule has 0 saturated heterocycles. The molecule has 19 heavy (non-hydrogen) atoms. The number of fused-ring (bicyclic) bond motifs is 1. The molecule has 102 valence electrons. The van der Waals surface area contributed by atoms with Crippen LogP contribution in [0.15, 0.2) is 24.3 Å². The van der Waals surface area contributed by atoms with Crippen molar-refractivity contribution in [1.29, 1.82) is 0 Å². The second-order valence-corrected chi connectivity index (χ2v) is 5.26. The molecule has 0 spiro atoms. The zero-order chi connectivity index (χ0) is 13.8. The van der Waals surface area contributed by atoms with Gasteiger partial charge in [-0.1, -0.05) is 26.0 Å². The fourth-order valence-electron chi connectivity index (χ4n) is 2.10. The zero-order valence-electron chi connectivity index (χ0n) is 11.8. The molecule has 0 saturated carbocycles. The molecular formula is C15H21N3O. The van der Waals surface area contributed by atoms with E-state index in [1.807, 2.05) is 18.2 Å². The van der Waals surface area contributed by atoms with Crippen LogP contribution in [0.4, 0.5) is 0 Å². The van der Waals surface area contributed by atoms with Crippen molar-refractivity contribution in [2.75, 3.05) is 0 Å². The quantitative estimate of drug-likeness (QED) is 0.897. The van der Waals surface area contributed by atoms with E-state index in [2.05, 4.69) is 34.8 Å².